The van der Waals surface area contributed by atoms with Gasteiger partial charge in [-0.05, 0) is 31.4 Å². The Kier molecular flexibility index (Phi) is 2.71. The highest BCUT2D eigenvalue weighted by Crippen LogP contribution is 2.29. The molecule has 1 fully saturated rings. The molecule has 0 spiro atoms. The number of carboxylic acids is 1. The SMILES string of the molecule is O=C(O)C1CC(c2cccn3ncnc23)CCN1. The van der Waals surface area contributed by atoms with E-state index in [2.05, 4.69) is 15.4 Å². The smallest absolute Gasteiger partial charge is 0.320 e. The molecule has 0 bridgehead atoms. The minimum atomic E-state index is -0.784. The molecule has 2 unspecified atom stereocenters. The summed E-state index contributed by atoms with van der Waals surface area (Å²) >= 11 is 0. The number of carbonyl (C=O) groups is 1. The quantitative estimate of drug-likeness (QED) is 0.813. The predicted octanol–water partition coefficient (Wildman–Crippen LogP) is 0.649. The van der Waals surface area contributed by atoms with Gasteiger partial charge in [0.05, 0.1) is 0 Å². The van der Waals surface area contributed by atoms with Crippen LogP contribution in [0.15, 0.2) is 24.7 Å². The van der Waals surface area contributed by atoms with Crippen molar-refractivity contribution in [1.29, 1.82) is 0 Å². The largest absolute Gasteiger partial charge is 0.480 e. The van der Waals surface area contributed by atoms with Crippen molar-refractivity contribution in [2.45, 2.75) is 24.8 Å². The van der Waals surface area contributed by atoms with Crippen molar-refractivity contribution in [2.75, 3.05) is 6.54 Å². The molecule has 0 aliphatic carbocycles. The normalized spacial score (nSPS) is 24.2. The van der Waals surface area contributed by atoms with Gasteiger partial charge in [0.2, 0.25) is 0 Å². The second kappa shape index (κ2) is 4.38. The first-order valence-electron chi connectivity index (χ1n) is 6.00. The van der Waals surface area contributed by atoms with Gasteiger partial charge < -0.3 is 10.4 Å². The van der Waals surface area contributed by atoms with Crippen LogP contribution in [-0.4, -0.2) is 38.3 Å². The zero-order valence-corrected chi connectivity index (χ0v) is 9.78. The van der Waals surface area contributed by atoms with Gasteiger partial charge in [0.1, 0.15) is 12.4 Å². The third kappa shape index (κ3) is 1.84. The summed E-state index contributed by atoms with van der Waals surface area (Å²) in [4.78, 5) is 15.3. The van der Waals surface area contributed by atoms with Crippen LogP contribution in [0.5, 0.6) is 0 Å². The Morgan fingerprint density at radius 1 is 1.56 bits per heavy atom. The van der Waals surface area contributed by atoms with Crippen LogP contribution in [0.25, 0.3) is 5.65 Å². The fourth-order valence-electron chi connectivity index (χ4n) is 2.58. The van der Waals surface area contributed by atoms with Crippen LogP contribution in [0.4, 0.5) is 0 Å². The Bertz CT molecular complexity index is 580. The number of hydrogen-bond acceptors (Lipinski definition) is 4. The predicted molar refractivity (Wildman–Crippen MR) is 64.4 cm³/mol. The maximum Gasteiger partial charge on any atom is 0.320 e. The Morgan fingerprint density at radius 3 is 3.28 bits per heavy atom. The molecule has 2 atom stereocenters. The van der Waals surface area contributed by atoms with E-state index in [1.165, 1.54) is 6.33 Å². The van der Waals surface area contributed by atoms with Gasteiger partial charge in [-0.15, -0.1) is 0 Å². The van der Waals surface area contributed by atoms with E-state index in [0.29, 0.717) is 6.42 Å². The van der Waals surface area contributed by atoms with Crippen molar-refractivity contribution in [2.24, 2.45) is 0 Å². The molecule has 0 radical (unpaired) electrons. The summed E-state index contributed by atoms with van der Waals surface area (Å²) in [5, 5.41) is 16.2. The molecule has 6 heteroatoms. The second-order valence-electron chi connectivity index (χ2n) is 4.56. The number of piperidine rings is 1. The van der Waals surface area contributed by atoms with E-state index in [9.17, 15) is 4.79 Å². The number of fused-ring (bicyclic) bond motifs is 1. The monoisotopic (exact) mass is 246 g/mol. The average molecular weight is 246 g/mol. The third-order valence-electron chi connectivity index (χ3n) is 3.48. The molecule has 0 aromatic carbocycles. The van der Waals surface area contributed by atoms with Crippen LogP contribution in [-0.2, 0) is 4.79 Å². The number of carboxylic acid groups (broad SMARTS) is 1. The fraction of sp³-hybridized carbons (Fsp3) is 0.417. The molecule has 1 aliphatic rings. The number of hydrogen-bond donors (Lipinski definition) is 2. The van der Waals surface area contributed by atoms with Crippen molar-refractivity contribution < 1.29 is 9.90 Å². The molecular weight excluding hydrogens is 232 g/mol. The Morgan fingerprint density at radius 2 is 2.44 bits per heavy atom. The minimum Gasteiger partial charge on any atom is -0.480 e. The minimum absolute atomic E-state index is 0.222. The zero-order chi connectivity index (χ0) is 12.5. The van der Waals surface area contributed by atoms with E-state index >= 15 is 0 Å². The summed E-state index contributed by atoms with van der Waals surface area (Å²) in [6.07, 6.45) is 4.90. The number of nitrogens with one attached hydrogen (secondary N) is 1. The van der Waals surface area contributed by atoms with Gasteiger partial charge in [-0.2, -0.15) is 5.10 Å². The summed E-state index contributed by atoms with van der Waals surface area (Å²) in [6.45, 7) is 0.719. The highest BCUT2D eigenvalue weighted by atomic mass is 16.4. The maximum absolute atomic E-state index is 11.0. The molecule has 2 aromatic heterocycles. The average Bonchev–Trinajstić information content (AvgIpc) is 2.87. The summed E-state index contributed by atoms with van der Waals surface area (Å²) in [7, 11) is 0. The number of rotatable bonds is 2. The van der Waals surface area contributed by atoms with E-state index in [1.807, 2.05) is 18.3 Å². The lowest BCUT2D eigenvalue weighted by Gasteiger charge is -2.28. The summed E-state index contributed by atoms with van der Waals surface area (Å²) < 4.78 is 1.73. The lowest BCUT2D eigenvalue weighted by atomic mass is 9.87. The van der Waals surface area contributed by atoms with E-state index in [0.717, 1.165) is 24.2 Å². The van der Waals surface area contributed by atoms with Crippen LogP contribution in [0.3, 0.4) is 0 Å². The van der Waals surface area contributed by atoms with Crippen LogP contribution >= 0.6 is 0 Å². The molecule has 18 heavy (non-hydrogen) atoms. The van der Waals surface area contributed by atoms with Crippen molar-refractivity contribution in [3.05, 3.63) is 30.2 Å². The molecule has 0 amide bonds. The number of aromatic nitrogens is 3. The van der Waals surface area contributed by atoms with E-state index < -0.39 is 12.0 Å². The van der Waals surface area contributed by atoms with Crippen molar-refractivity contribution in [1.82, 2.24) is 19.9 Å². The molecule has 94 valence electrons. The van der Waals surface area contributed by atoms with Gasteiger partial charge >= 0.3 is 5.97 Å². The molecule has 6 nitrogen and oxygen atoms in total. The Balaban J connectivity index is 1.94. The van der Waals surface area contributed by atoms with Gasteiger partial charge in [-0.1, -0.05) is 6.07 Å². The Labute approximate surface area is 104 Å². The first kappa shape index (κ1) is 11.2. The highest BCUT2D eigenvalue weighted by Gasteiger charge is 2.28. The van der Waals surface area contributed by atoms with Crippen molar-refractivity contribution in [3.63, 3.8) is 0 Å². The number of aliphatic carboxylic acids is 1. The third-order valence-corrected chi connectivity index (χ3v) is 3.48. The molecule has 0 saturated carbocycles. The van der Waals surface area contributed by atoms with Crippen LogP contribution in [0.2, 0.25) is 0 Å². The van der Waals surface area contributed by atoms with Gasteiger partial charge in [-0.3, -0.25) is 4.79 Å². The molecule has 2 aromatic rings. The first-order valence-corrected chi connectivity index (χ1v) is 6.00. The topological polar surface area (TPSA) is 79.5 Å². The van der Waals surface area contributed by atoms with Gasteiger partial charge in [0, 0.05) is 11.8 Å². The number of nitrogens with zero attached hydrogens (tertiary/aromatic N) is 3. The van der Waals surface area contributed by atoms with E-state index in [1.54, 1.807) is 4.52 Å². The van der Waals surface area contributed by atoms with Crippen LogP contribution in [0, 0.1) is 0 Å². The lowest BCUT2D eigenvalue weighted by Crippen LogP contribution is -2.42. The summed E-state index contributed by atoms with van der Waals surface area (Å²) in [5.74, 6) is -0.562. The fourth-order valence-corrected chi connectivity index (χ4v) is 2.58. The van der Waals surface area contributed by atoms with Crippen molar-refractivity contribution >= 4 is 11.6 Å². The van der Waals surface area contributed by atoms with Crippen LogP contribution < -0.4 is 5.32 Å². The summed E-state index contributed by atoms with van der Waals surface area (Å²) in [6, 6.07) is 3.47. The highest BCUT2D eigenvalue weighted by molar-refractivity contribution is 5.73. The second-order valence-corrected chi connectivity index (χ2v) is 4.56. The Hall–Kier alpha value is -1.95. The molecule has 3 rings (SSSR count). The van der Waals surface area contributed by atoms with Gasteiger partial charge in [-0.25, -0.2) is 9.50 Å². The van der Waals surface area contributed by atoms with Gasteiger partial charge in [0.15, 0.2) is 5.65 Å². The first-order chi connectivity index (χ1) is 8.75. The molecule has 2 N–H and O–H groups in total. The van der Waals surface area contributed by atoms with Gasteiger partial charge in [0.25, 0.3) is 0 Å². The summed E-state index contributed by atoms with van der Waals surface area (Å²) in [5.41, 5.74) is 1.91. The lowest BCUT2D eigenvalue weighted by molar-refractivity contribution is -0.140. The maximum atomic E-state index is 11.0. The van der Waals surface area contributed by atoms with Crippen LogP contribution in [0.1, 0.15) is 24.3 Å². The van der Waals surface area contributed by atoms with Crippen molar-refractivity contribution in [3.8, 4) is 0 Å². The van der Waals surface area contributed by atoms with E-state index in [-0.39, 0.29) is 5.92 Å². The molecule has 3 heterocycles. The molecule has 1 saturated heterocycles. The molecule has 1 aliphatic heterocycles. The number of pyridine rings is 1. The van der Waals surface area contributed by atoms with E-state index in [4.69, 9.17) is 5.11 Å². The zero-order valence-electron chi connectivity index (χ0n) is 9.78. The molecular formula is C12H14N4O2. The standard InChI is InChI=1S/C12H14N4O2/c17-12(18)10-6-8(3-4-13-10)9-2-1-5-16-11(9)14-7-15-16/h1-2,5,7-8,10,13H,3-4,6H2,(H,17,18).